The number of nitrogens with one attached hydrogen (secondary N) is 1. The summed E-state index contributed by atoms with van der Waals surface area (Å²) in [5, 5.41) is 2.56. The lowest BCUT2D eigenvalue weighted by Crippen LogP contribution is -2.41. The average Bonchev–Trinajstić information content (AvgIpc) is 2.82. The summed E-state index contributed by atoms with van der Waals surface area (Å²) in [6, 6.07) is 12.0. The molecule has 0 aromatic heterocycles. The number of carbonyl (C=O) groups excluding carboxylic acids is 2. The highest BCUT2D eigenvalue weighted by Crippen LogP contribution is 2.29. The van der Waals surface area contributed by atoms with Gasteiger partial charge in [-0.3, -0.25) is 9.69 Å². The topological polar surface area (TPSA) is 49.4 Å². The number of imide groups is 1. The highest BCUT2D eigenvalue weighted by Gasteiger charge is 2.48. The van der Waals surface area contributed by atoms with E-state index in [9.17, 15) is 18.4 Å². The van der Waals surface area contributed by atoms with Gasteiger partial charge in [-0.15, -0.1) is 0 Å². The van der Waals surface area contributed by atoms with E-state index in [0.717, 1.165) is 22.6 Å². The monoisotopic (exact) mass is 342 g/mol. The van der Waals surface area contributed by atoms with Crippen LogP contribution in [-0.2, 0) is 10.3 Å². The van der Waals surface area contributed by atoms with Crippen molar-refractivity contribution in [3.05, 3.63) is 77.4 Å². The second-order valence-electron chi connectivity index (χ2n) is 5.91. The molecule has 1 N–H and O–H groups in total. The number of urea groups is 1. The Balaban J connectivity index is 1.79. The average molecular weight is 342 g/mol. The Morgan fingerprint density at radius 1 is 1.08 bits per heavy atom. The lowest BCUT2D eigenvalue weighted by Gasteiger charge is -2.22. The van der Waals surface area contributed by atoms with Crippen LogP contribution in [0, 0.1) is 11.6 Å². The Kier molecular flexibility index (Phi) is 4.35. The lowest BCUT2D eigenvalue weighted by atomic mass is 9.92. The molecule has 4 nitrogen and oxygen atoms in total. The second-order valence-corrected chi connectivity index (χ2v) is 5.91. The van der Waals surface area contributed by atoms with Gasteiger partial charge in [0, 0.05) is 6.54 Å². The molecule has 128 valence electrons. The van der Waals surface area contributed by atoms with Crippen LogP contribution in [-0.4, -0.2) is 23.4 Å². The Morgan fingerprint density at radius 2 is 1.80 bits per heavy atom. The third-order valence-electron chi connectivity index (χ3n) is 4.17. The summed E-state index contributed by atoms with van der Waals surface area (Å²) in [5.74, 6) is -2.59. The van der Waals surface area contributed by atoms with Crippen molar-refractivity contribution < 1.29 is 18.4 Å². The Bertz CT molecular complexity index is 852. The van der Waals surface area contributed by atoms with E-state index < -0.39 is 29.1 Å². The quantitative estimate of drug-likeness (QED) is 0.865. The second kappa shape index (κ2) is 6.47. The van der Waals surface area contributed by atoms with E-state index in [1.165, 1.54) is 13.0 Å². The van der Waals surface area contributed by atoms with Gasteiger partial charge in [-0.2, -0.15) is 0 Å². The molecule has 0 aliphatic carbocycles. The summed E-state index contributed by atoms with van der Waals surface area (Å²) in [5.41, 5.74) is -0.288. The lowest BCUT2D eigenvalue weighted by molar-refractivity contribution is -0.130. The first kappa shape index (κ1) is 16.8. The zero-order valence-electron chi connectivity index (χ0n) is 13.5. The number of amides is 3. The van der Waals surface area contributed by atoms with Crippen molar-refractivity contribution in [1.29, 1.82) is 0 Å². The fraction of sp³-hybridized carbons (Fsp3) is 0.158. The molecule has 1 unspecified atom stereocenters. The molecule has 1 saturated heterocycles. The number of nitrogens with zero attached hydrogens (tertiary/aromatic N) is 1. The summed E-state index contributed by atoms with van der Waals surface area (Å²) in [4.78, 5) is 25.9. The van der Waals surface area contributed by atoms with E-state index in [1.54, 1.807) is 12.2 Å². The minimum Gasteiger partial charge on any atom is -0.319 e. The fourth-order valence-electron chi connectivity index (χ4n) is 2.72. The van der Waals surface area contributed by atoms with E-state index in [2.05, 4.69) is 5.32 Å². The number of rotatable bonds is 4. The highest BCUT2D eigenvalue weighted by atomic mass is 19.2. The van der Waals surface area contributed by atoms with Gasteiger partial charge in [0.2, 0.25) is 0 Å². The van der Waals surface area contributed by atoms with Gasteiger partial charge in [-0.25, -0.2) is 13.6 Å². The molecule has 0 radical (unpaired) electrons. The molecule has 1 aliphatic heterocycles. The van der Waals surface area contributed by atoms with Crippen molar-refractivity contribution in [3.63, 3.8) is 0 Å². The van der Waals surface area contributed by atoms with Crippen molar-refractivity contribution >= 4 is 18.0 Å². The van der Waals surface area contributed by atoms with Crippen molar-refractivity contribution in [3.8, 4) is 0 Å². The molecule has 1 aliphatic rings. The third-order valence-corrected chi connectivity index (χ3v) is 4.17. The largest absolute Gasteiger partial charge is 0.325 e. The maximum absolute atomic E-state index is 13.5. The number of carbonyl (C=O) groups is 2. The smallest absolute Gasteiger partial charge is 0.319 e. The zero-order valence-corrected chi connectivity index (χ0v) is 13.5. The Hall–Kier alpha value is -3.02. The normalized spacial score (nSPS) is 20.4. The van der Waals surface area contributed by atoms with Gasteiger partial charge >= 0.3 is 6.03 Å². The minimum absolute atomic E-state index is 0.0822. The van der Waals surface area contributed by atoms with Crippen LogP contribution in [0.2, 0.25) is 0 Å². The van der Waals surface area contributed by atoms with Gasteiger partial charge in [0.05, 0.1) is 0 Å². The highest BCUT2D eigenvalue weighted by molar-refractivity contribution is 6.07. The van der Waals surface area contributed by atoms with Crippen LogP contribution in [0.25, 0.3) is 6.08 Å². The predicted octanol–water partition coefficient (Wildman–Crippen LogP) is 3.45. The third kappa shape index (κ3) is 3.15. The van der Waals surface area contributed by atoms with Crippen LogP contribution in [0.1, 0.15) is 18.1 Å². The molecule has 6 heteroatoms. The van der Waals surface area contributed by atoms with Gasteiger partial charge in [0.25, 0.3) is 5.91 Å². The molecule has 1 atom stereocenters. The summed E-state index contributed by atoms with van der Waals surface area (Å²) >= 11 is 0. The van der Waals surface area contributed by atoms with E-state index in [0.29, 0.717) is 0 Å². The molecular formula is C19H16F2N2O2. The molecule has 3 amide bonds. The van der Waals surface area contributed by atoms with Crippen molar-refractivity contribution in [2.45, 2.75) is 12.5 Å². The van der Waals surface area contributed by atoms with E-state index in [1.807, 2.05) is 30.3 Å². The van der Waals surface area contributed by atoms with Crippen LogP contribution >= 0.6 is 0 Å². The standard InChI is InChI=1S/C19H16F2N2O2/c1-19(14-9-10-15(20)16(21)12-14)17(24)23(18(25)22-19)11-5-8-13-6-3-2-4-7-13/h2-10,12H,11H2,1H3,(H,22,25)/b8-5+. The minimum atomic E-state index is -1.42. The number of hydrogen-bond donors (Lipinski definition) is 1. The molecule has 2 aromatic carbocycles. The SMILES string of the molecule is CC1(c2ccc(F)c(F)c2)NC(=O)N(C/C=C/c2ccccc2)C1=O. The number of halogens is 2. The van der Waals surface area contributed by atoms with Crippen LogP contribution in [0.3, 0.4) is 0 Å². The fourth-order valence-corrected chi connectivity index (χ4v) is 2.72. The molecule has 2 aromatic rings. The van der Waals surface area contributed by atoms with E-state index in [-0.39, 0.29) is 12.1 Å². The van der Waals surface area contributed by atoms with Crippen molar-refractivity contribution in [2.24, 2.45) is 0 Å². The molecule has 0 saturated carbocycles. The molecule has 1 heterocycles. The summed E-state index contributed by atoms with van der Waals surface area (Å²) < 4.78 is 26.6. The summed E-state index contributed by atoms with van der Waals surface area (Å²) in [7, 11) is 0. The Morgan fingerprint density at radius 3 is 2.48 bits per heavy atom. The van der Waals surface area contributed by atoms with E-state index >= 15 is 0 Å². The first-order valence-corrected chi connectivity index (χ1v) is 7.73. The molecule has 25 heavy (non-hydrogen) atoms. The zero-order chi connectivity index (χ0) is 18.0. The van der Waals surface area contributed by atoms with Gasteiger partial charge in [-0.1, -0.05) is 48.6 Å². The number of hydrogen-bond acceptors (Lipinski definition) is 2. The predicted molar refractivity (Wildman–Crippen MR) is 89.4 cm³/mol. The van der Waals surface area contributed by atoms with Gasteiger partial charge in [-0.05, 0) is 30.2 Å². The maximum atomic E-state index is 13.5. The molecule has 1 fully saturated rings. The van der Waals surface area contributed by atoms with Gasteiger partial charge in [0.1, 0.15) is 5.54 Å². The molecule has 0 bridgehead atoms. The first-order valence-electron chi connectivity index (χ1n) is 7.73. The van der Waals surface area contributed by atoms with Crippen LogP contribution in [0.15, 0.2) is 54.6 Å². The molecule has 3 rings (SSSR count). The van der Waals surface area contributed by atoms with Crippen molar-refractivity contribution in [2.75, 3.05) is 6.54 Å². The summed E-state index contributed by atoms with van der Waals surface area (Å²) in [6.45, 7) is 1.56. The van der Waals surface area contributed by atoms with Gasteiger partial charge < -0.3 is 5.32 Å². The van der Waals surface area contributed by atoms with Crippen LogP contribution < -0.4 is 5.32 Å². The van der Waals surface area contributed by atoms with Crippen molar-refractivity contribution in [1.82, 2.24) is 10.2 Å². The number of benzene rings is 2. The van der Waals surface area contributed by atoms with E-state index in [4.69, 9.17) is 0 Å². The van der Waals surface area contributed by atoms with Crippen LogP contribution in [0.4, 0.5) is 13.6 Å². The van der Waals surface area contributed by atoms with Gasteiger partial charge in [0.15, 0.2) is 11.6 Å². The molecular weight excluding hydrogens is 326 g/mol. The molecule has 0 spiro atoms. The first-order chi connectivity index (χ1) is 11.9. The maximum Gasteiger partial charge on any atom is 0.325 e. The van der Waals surface area contributed by atoms with Crippen LogP contribution in [0.5, 0.6) is 0 Å². The Labute approximate surface area is 143 Å². The summed E-state index contributed by atoms with van der Waals surface area (Å²) in [6.07, 6.45) is 3.50.